The molecule has 2 rings (SSSR count). The van der Waals surface area contributed by atoms with E-state index in [1.165, 1.54) is 0 Å². The van der Waals surface area contributed by atoms with Crippen molar-refractivity contribution in [3.8, 4) is 0 Å². The topological polar surface area (TPSA) is 90.6 Å². The van der Waals surface area contributed by atoms with Gasteiger partial charge in [0.25, 0.3) is 11.8 Å². The summed E-state index contributed by atoms with van der Waals surface area (Å²) in [5.41, 5.74) is 6.25. The summed E-state index contributed by atoms with van der Waals surface area (Å²) in [6, 6.07) is 1.77. The van der Waals surface area contributed by atoms with Crippen molar-refractivity contribution in [2.75, 3.05) is 13.2 Å². The second-order valence-corrected chi connectivity index (χ2v) is 8.83. The van der Waals surface area contributed by atoms with Crippen molar-refractivity contribution in [3.05, 3.63) is 27.9 Å². The third-order valence-electron chi connectivity index (χ3n) is 3.20. The Bertz CT molecular complexity index is 664. The highest BCUT2D eigenvalue weighted by Gasteiger charge is 2.33. The SMILES string of the molecule is CC1(C)OCC(CNC(=O)c2c(I)cc(I)c(C(N)=O)c2I)O1. The Labute approximate surface area is 175 Å². The minimum atomic E-state index is -0.625. The number of carbonyl (C=O) groups is 2. The van der Waals surface area contributed by atoms with E-state index >= 15 is 0 Å². The van der Waals surface area contributed by atoms with Crippen LogP contribution in [-0.4, -0.2) is 36.9 Å². The van der Waals surface area contributed by atoms with Gasteiger partial charge in [-0.3, -0.25) is 9.59 Å². The molecule has 3 N–H and O–H groups in total. The van der Waals surface area contributed by atoms with E-state index in [2.05, 4.69) is 27.9 Å². The Balaban J connectivity index is 2.17. The maximum Gasteiger partial charge on any atom is 0.253 e. The first kappa shape index (κ1) is 19.6. The summed E-state index contributed by atoms with van der Waals surface area (Å²) in [6.45, 7) is 4.44. The first-order chi connectivity index (χ1) is 10.6. The molecule has 1 aliphatic rings. The van der Waals surface area contributed by atoms with E-state index in [1.54, 1.807) is 6.07 Å². The second kappa shape index (κ2) is 7.66. The first-order valence-electron chi connectivity index (χ1n) is 6.69. The third kappa shape index (κ3) is 4.67. The van der Waals surface area contributed by atoms with Crippen LogP contribution >= 0.6 is 67.8 Å². The highest BCUT2D eigenvalue weighted by atomic mass is 127. The lowest BCUT2D eigenvalue weighted by molar-refractivity contribution is -0.137. The highest BCUT2D eigenvalue weighted by Crippen LogP contribution is 2.28. The van der Waals surface area contributed by atoms with E-state index in [-0.39, 0.29) is 12.0 Å². The number of benzene rings is 1. The van der Waals surface area contributed by atoms with Crippen molar-refractivity contribution in [1.29, 1.82) is 0 Å². The van der Waals surface area contributed by atoms with Gasteiger partial charge in [-0.05, 0) is 87.7 Å². The number of hydrogen-bond acceptors (Lipinski definition) is 4. The molecule has 1 saturated heterocycles. The Kier molecular flexibility index (Phi) is 6.52. The molecule has 1 aliphatic heterocycles. The Morgan fingerprint density at radius 1 is 1.30 bits per heavy atom. The summed E-state index contributed by atoms with van der Waals surface area (Å²) in [5.74, 6) is -1.43. The predicted molar refractivity (Wildman–Crippen MR) is 110 cm³/mol. The van der Waals surface area contributed by atoms with Gasteiger partial charge in [-0.2, -0.15) is 0 Å². The molecule has 0 aliphatic carbocycles. The molecule has 1 unspecified atom stereocenters. The van der Waals surface area contributed by atoms with Gasteiger partial charge in [0, 0.05) is 17.3 Å². The zero-order chi connectivity index (χ0) is 17.4. The van der Waals surface area contributed by atoms with E-state index in [0.717, 1.165) is 7.14 Å². The van der Waals surface area contributed by atoms with Gasteiger partial charge in [-0.1, -0.05) is 0 Å². The summed E-state index contributed by atoms with van der Waals surface area (Å²) < 4.78 is 13.2. The summed E-state index contributed by atoms with van der Waals surface area (Å²) in [5, 5.41) is 2.84. The molecule has 0 spiro atoms. The fourth-order valence-electron chi connectivity index (χ4n) is 2.18. The molecule has 0 bridgehead atoms. The Hall–Kier alpha value is 0.270. The van der Waals surface area contributed by atoms with Gasteiger partial charge in [-0.15, -0.1) is 0 Å². The van der Waals surface area contributed by atoms with Crippen molar-refractivity contribution >= 4 is 79.6 Å². The standard InChI is InChI=1S/C14H15I3N2O4/c1-14(2)22-5-6(23-14)4-19-13(21)10-8(16)3-7(15)9(11(10)17)12(18)20/h3,6H,4-5H2,1-2H3,(H2,18,20)(H,19,21). The van der Waals surface area contributed by atoms with Crippen LogP contribution in [0.4, 0.5) is 0 Å². The van der Waals surface area contributed by atoms with Gasteiger partial charge in [-0.25, -0.2) is 0 Å². The molecule has 23 heavy (non-hydrogen) atoms. The first-order valence-corrected chi connectivity index (χ1v) is 9.93. The van der Waals surface area contributed by atoms with Gasteiger partial charge in [0.15, 0.2) is 5.79 Å². The van der Waals surface area contributed by atoms with E-state index in [1.807, 2.05) is 59.0 Å². The number of carbonyl (C=O) groups excluding carboxylic acids is 2. The van der Waals surface area contributed by atoms with Crippen LogP contribution in [0, 0.1) is 10.7 Å². The van der Waals surface area contributed by atoms with Gasteiger partial charge >= 0.3 is 0 Å². The molecule has 1 fully saturated rings. The minimum Gasteiger partial charge on any atom is -0.366 e. The lowest BCUT2D eigenvalue weighted by atomic mass is 10.1. The van der Waals surface area contributed by atoms with Crippen LogP contribution in [0.3, 0.4) is 0 Å². The largest absolute Gasteiger partial charge is 0.366 e. The van der Waals surface area contributed by atoms with Crippen molar-refractivity contribution < 1.29 is 19.1 Å². The minimum absolute atomic E-state index is 0.191. The predicted octanol–water partition coefficient (Wildman–Crippen LogP) is 2.48. The lowest BCUT2D eigenvalue weighted by Gasteiger charge is -2.18. The fraction of sp³-hybridized carbons (Fsp3) is 0.429. The molecule has 6 nitrogen and oxygen atoms in total. The van der Waals surface area contributed by atoms with E-state index < -0.39 is 11.7 Å². The molecule has 0 saturated carbocycles. The zero-order valence-corrected chi connectivity index (χ0v) is 18.9. The quantitative estimate of drug-likeness (QED) is 0.488. The number of hydrogen-bond donors (Lipinski definition) is 2. The van der Waals surface area contributed by atoms with Crippen LogP contribution in [0.5, 0.6) is 0 Å². The van der Waals surface area contributed by atoms with Crippen LogP contribution in [0.15, 0.2) is 6.07 Å². The second-order valence-electron chi connectivity index (χ2n) is 5.43. The highest BCUT2D eigenvalue weighted by molar-refractivity contribution is 14.1. The maximum absolute atomic E-state index is 12.5. The average Bonchev–Trinajstić information content (AvgIpc) is 2.74. The molecule has 2 amide bonds. The number of halogens is 3. The molecule has 0 aromatic heterocycles. The molecule has 126 valence electrons. The van der Waals surface area contributed by atoms with Gasteiger partial charge in [0.05, 0.1) is 17.7 Å². The summed E-state index contributed by atoms with van der Waals surface area (Å²) in [6.07, 6.45) is -0.191. The van der Waals surface area contributed by atoms with Crippen molar-refractivity contribution in [3.63, 3.8) is 0 Å². The number of nitrogens with one attached hydrogen (secondary N) is 1. The number of amides is 2. The number of primary amides is 1. The maximum atomic E-state index is 12.5. The molecule has 1 aromatic carbocycles. The van der Waals surface area contributed by atoms with Crippen molar-refractivity contribution in [2.45, 2.75) is 25.7 Å². The van der Waals surface area contributed by atoms with Gasteiger partial charge < -0.3 is 20.5 Å². The zero-order valence-electron chi connectivity index (χ0n) is 12.4. The van der Waals surface area contributed by atoms with Crippen molar-refractivity contribution in [1.82, 2.24) is 5.32 Å². The van der Waals surface area contributed by atoms with Gasteiger partial charge in [0.1, 0.15) is 6.10 Å². The Morgan fingerprint density at radius 3 is 2.43 bits per heavy atom. The summed E-state index contributed by atoms with van der Waals surface area (Å²) in [7, 11) is 0. The fourth-order valence-corrected chi connectivity index (χ4v) is 6.58. The molecule has 9 heteroatoms. The van der Waals surface area contributed by atoms with Crippen molar-refractivity contribution in [2.24, 2.45) is 5.73 Å². The van der Waals surface area contributed by atoms with Gasteiger partial charge in [0.2, 0.25) is 0 Å². The number of nitrogens with two attached hydrogens (primary N) is 1. The molecule has 1 aromatic rings. The normalized spacial score (nSPS) is 19.6. The molecule has 0 radical (unpaired) electrons. The summed E-state index contributed by atoms with van der Waals surface area (Å²) >= 11 is 6.12. The molecule has 1 heterocycles. The van der Waals surface area contributed by atoms with E-state index in [4.69, 9.17) is 15.2 Å². The average molecular weight is 656 g/mol. The number of rotatable bonds is 4. The molecular formula is C14H15I3N2O4. The monoisotopic (exact) mass is 656 g/mol. The number of ether oxygens (including phenoxy) is 2. The lowest BCUT2D eigenvalue weighted by Crippen LogP contribution is -2.35. The molecule has 1 atom stereocenters. The van der Waals surface area contributed by atoms with Crippen LogP contribution in [0.2, 0.25) is 0 Å². The third-order valence-corrected chi connectivity index (χ3v) is 5.98. The van der Waals surface area contributed by atoms with Crippen LogP contribution in [0.1, 0.15) is 34.6 Å². The summed E-state index contributed by atoms with van der Waals surface area (Å²) in [4.78, 5) is 24.1. The van der Waals surface area contributed by atoms with E-state index in [0.29, 0.717) is 27.8 Å². The van der Waals surface area contributed by atoms with Crippen LogP contribution in [-0.2, 0) is 9.47 Å². The van der Waals surface area contributed by atoms with E-state index in [9.17, 15) is 9.59 Å². The molecular weight excluding hydrogens is 641 g/mol. The van der Waals surface area contributed by atoms with Crippen LogP contribution < -0.4 is 11.1 Å². The van der Waals surface area contributed by atoms with Crippen LogP contribution in [0.25, 0.3) is 0 Å². The smallest absolute Gasteiger partial charge is 0.253 e. The Morgan fingerprint density at radius 2 is 1.91 bits per heavy atom.